The molecule has 2 fully saturated rings. The van der Waals surface area contributed by atoms with Crippen LogP contribution in [0, 0.1) is 0 Å². The van der Waals surface area contributed by atoms with E-state index in [1.54, 1.807) is 19.3 Å². The second-order valence-electron chi connectivity index (χ2n) is 7.93. The van der Waals surface area contributed by atoms with Crippen LogP contribution in [0.4, 0.5) is 0 Å². The summed E-state index contributed by atoms with van der Waals surface area (Å²) >= 11 is 1.52. The van der Waals surface area contributed by atoms with Gasteiger partial charge in [0, 0.05) is 37.8 Å². The Morgan fingerprint density at radius 1 is 1.21 bits per heavy atom. The van der Waals surface area contributed by atoms with Crippen molar-refractivity contribution in [1.82, 2.24) is 20.2 Å². The number of hydrogen-bond donors (Lipinski definition) is 1. The Labute approximate surface area is 173 Å². The van der Waals surface area contributed by atoms with Crippen molar-refractivity contribution in [3.05, 3.63) is 48.3 Å². The van der Waals surface area contributed by atoms with Gasteiger partial charge in [-0.2, -0.15) is 0 Å². The summed E-state index contributed by atoms with van der Waals surface area (Å²) in [5.41, 5.74) is 2.09. The van der Waals surface area contributed by atoms with Crippen LogP contribution < -0.4 is 10.1 Å². The highest BCUT2D eigenvalue weighted by Crippen LogP contribution is 2.36. The topological polar surface area (TPSA) is 67.4 Å². The summed E-state index contributed by atoms with van der Waals surface area (Å²) in [7, 11) is 0. The fraction of sp³-hybridized carbons (Fsp3) is 0.409. The summed E-state index contributed by atoms with van der Waals surface area (Å²) < 4.78 is 6.98. The van der Waals surface area contributed by atoms with Crippen LogP contribution in [0.1, 0.15) is 38.2 Å². The Morgan fingerprint density at radius 2 is 1.97 bits per heavy atom. The van der Waals surface area contributed by atoms with Crippen LogP contribution in [0.15, 0.2) is 42.7 Å². The molecule has 5 rings (SSSR count). The summed E-state index contributed by atoms with van der Waals surface area (Å²) in [6, 6.07) is 11.4. The van der Waals surface area contributed by atoms with Gasteiger partial charge in [-0.3, -0.25) is 9.78 Å². The number of piperidine rings is 1. The molecule has 1 aromatic carbocycles. The summed E-state index contributed by atoms with van der Waals surface area (Å²) in [5.74, 6) is 1.02. The van der Waals surface area contributed by atoms with Gasteiger partial charge in [0.2, 0.25) is 5.91 Å². The van der Waals surface area contributed by atoms with Crippen molar-refractivity contribution in [3.63, 3.8) is 0 Å². The second-order valence-corrected chi connectivity index (χ2v) is 8.92. The van der Waals surface area contributed by atoms with Gasteiger partial charge in [-0.15, -0.1) is 0 Å². The molecule has 0 radical (unpaired) electrons. The number of carbonyl (C=O) groups excluding carboxylic acids is 1. The smallest absolute Gasteiger partial charge is 0.279 e. The molecule has 29 heavy (non-hydrogen) atoms. The fourth-order valence-electron chi connectivity index (χ4n) is 4.70. The van der Waals surface area contributed by atoms with Gasteiger partial charge >= 0.3 is 0 Å². The highest BCUT2D eigenvalue weighted by molar-refractivity contribution is 7.20. The molecule has 1 amide bonds. The van der Waals surface area contributed by atoms with Crippen molar-refractivity contribution in [1.29, 1.82) is 0 Å². The quantitative estimate of drug-likeness (QED) is 0.688. The SMILES string of the molecule is CC(=O)N1C2CCC1CC(NCc1ccc(Oc3nc4cnccc4s3)cc1)C2. The molecule has 3 aromatic rings. The minimum Gasteiger partial charge on any atom is -0.431 e. The van der Waals surface area contributed by atoms with Gasteiger partial charge < -0.3 is 15.0 Å². The Hall–Kier alpha value is -2.51. The molecule has 2 aromatic heterocycles. The number of pyridine rings is 1. The van der Waals surface area contributed by atoms with Crippen LogP contribution in [0.25, 0.3) is 10.2 Å². The summed E-state index contributed by atoms with van der Waals surface area (Å²) in [4.78, 5) is 22.5. The van der Waals surface area contributed by atoms with Gasteiger partial charge in [0.05, 0.1) is 10.9 Å². The molecule has 150 valence electrons. The first-order chi connectivity index (χ1) is 14.2. The van der Waals surface area contributed by atoms with E-state index in [1.807, 2.05) is 18.2 Å². The van der Waals surface area contributed by atoms with Crippen LogP contribution in [0.3, 0.4) is 0 Å². The zero-order valence-electron chi connectivity index (χ0n) is 16.4. The number of carbonyl (C=O) groups is 1. The molecule has 2 aliphatic rings. The molecule has 2 bridgehead atoms. The average molecular weight is 409 g/mol. The van der Waals surface area contributed by atoms with Crippen LogP contribution in [0.5, 0.6) is 10.9 Å². The summed E-state index contributed by atoms with van der Waals surface area (Å²) in [6.07, 6.45) is 7.93. The van der Waals surface area contributed by atoms with Gasteiger partial charge in [-0.25, -0.2) is 4.98 Å². The Balaban J connectivity index is 1.17. The van der Waals surface area contributed by atoms with Gasteiger partial charge in [-0.05, 0) is 49.4 Å². The first-order valence-corrected chi connectivity index (χ1v) is 11.0. The van der Waals surface area contributed by atoms with Crippen molar-refractivity contribution in [3.8, 4) is 10.9 Å². The molecule has 2 atom stereocenters. The molecule has 2 aliphatic heterocycles. The van der Waals surface area contributed by atoms with E-state index < -0.39 is 0 Å². The van der Waals surface area contributed by atoms with Crippen LogP contribution >= 0.6 is 11.3 Å². The predicted octanol–water partition coefficient (Wildman–Crippen LogP) is 4.12. The number of rotatable bonds is 5. The van der Waals surface area contributed by atoms with E-state index in [0.29, 0.717) is 23.3 Å². The van der Waals surface area contributed by atoms with Crippen LogP contribution in [0.2, 0.25) is 0 Å². The largest absolute Gasteiger partial charge is 0.431 e. The van der Waals surface area contributed by atoms with E-state index in [-0.39, 0.29) is 5.91 Å². The predicted molar refractivity (Wildman–Crippen MR) is 113 cm³/mol. The fourth-order valence-corrected chi connectivity index (χ4v) is 5.50. The minimum absolute atomic E-state index is 0.232. The van der Waals surface area contributed by atoms with E-state index in [4.69, 9.17) is 4.74 Å². The van der Waals surface area contributed by atoms with Crippen LogP contribution in [-0.4, -0.2) is 38.9 Å². The highest BCUT2D eigenvalue weighted by Gasteiger charge is 2.41. The van der Waals surface area contributed by atoms with Crippen molar-refractivity contribution in [2.75, 3.05) is 0 Å². The number of hydrogen-bond acceptors (Lipinski definition) is 6. The Kier molecular flexibility index (Phi) is 4.93. The minimum atomic E-state index is 0.232. The third kappa shape index (κ3) is 3.84. The molecular weight excluding hydrogens is 384 g/mol. The molecule has 6 nitrogen and oxygen atoms in total. The van der Waals surface area contributed by atoms with Gasteiger partial charge in [0.1, 0.15) is 11.3 Å². The Bertz CT molecular complexity index is 972. The standard InChI is InChI=1S/C22H24N4O2S/c1-14(27)26-17-4-5-18(26)11-16(10-17)24-12-15-2-6-19(7-3-15)28-22-25-20-13-23-9-8-21(20)29-22/h2-3,6-9,13,16-18,24H,4-5,10-12H2,1H3. The first-order valence-electron chi connectivity index (χ1n) is 10.2. The van der Waals surface area contributed by atoms with Gasteiger partial charge in [0.25, 0.3) is 5.19 Å². The Morgan fingerprint density at radius 3 is 2.66 bits per heavy atom. The highest BCUT2D eigenvalue weighted by atomic mass is 32.1. The first kappa shape index (κ1) is 18.5. The number of fused-ring (bicyclic) bond motifs is 3. The maximum Gasteiger partial charge on any atom is 0.279 e. The van der Waals surface area contributed by atoms with Crippen molar-refractivity contribution < 1.29 is 9.53 Å². The van der Waals surface area contributed by atoms with Gasteiger partial charge in [0.15, 0.2) is 0 Å². The van der Waals surface area contributed by atoms with E-state index in [2.05, 4.69) is 32.3 Å². The lowest BCUT2D eigenvalue weighted by atomic mass is 9.97. The monoisotopic (exact) mass is 408 g/mol. The molecule has 0 spiro atoms. The lowest BCUT2D eigenvalue weighted by Gasteiger charge is -2.38. The second kappa shape index (κ2) is 7.72. The average Bonchev–Trinajstić information content (AvgIpc) is 3.25. The van der Waals surface area contributed by atoms with E-state index >= 15 is 0 Å². The van der Waals surface area contributed by atoms with E-state index in [1.165, 1.54) is 16.9 Å². The number of benzene rings is 1. The lowest BCUT2D eigenvalue weighted by Crippen LogP contribution is -2.50. The molecule has 7 heteroatoms. The number of aromatic nitrogens is 2. The number of thiazole rings is 1. The lowest BCUT2D eigenvalue weighted by molar-refractivity contribution is -0.133. The number of nitrogens with zero attached hydrogens (tertiary/aromatic N) is 3. The molecule has 0 aliphatic carbocycles. The van der Waals surface area contributed by atoms with Crippen molar-refractivity contribution in [2.45, 2.75) is 57.3 Å². The van der Waals surface area contributed by atoms with Crippen LogP contribution in [-0.2, 0) is 11.3 Å². The molecule has 2 unspecified atom stereocenters. The zero-order valence-corrected chi connectivity index (χ0v) is 17.2. The number of nitrogens with one attached hydrogen (secondary N) is 1. The van der Waals surface area contributed by atoms with Gasteiger partial charge in [-0.1, -0.05) is 23.5 Å². The maximum absolute atomic E-state index is 11.8. The molecular formula is C22H24N4O2S. The zero-order chi connectivity index (χ0) is 19.8. The molecule has 1 N–H and O–H groups in total. The van der Waals surface area contributed by atoms with E-state index in [9.17, 15) is 4.79 Å². The van der Waals surface area contributed by atoms with Crippen molar-refractivity contribution >= 4 is 27.5 Å². The normalized spacial score (nSPS) is 23.5. The molecule has 4 heterocycles. The summed E-state index contributed by atoms with van der Waals surface area (Å²) in [5, 5.41) is 4.32. The van der Waals surface area contributed by atoms with E-state index in [0.717, 1.165) is 48.2 Å². The number of ether oxygens (including phenoxy) is 1. The molecule has 0 saturated carbocycles. The van der Waals surface area contributed by atoms with Crippen molar-refractivity contribution in [2.24, 2.45) is 0 Å². The third-order valence-electron chi connectivity index (χ3n) is 5.99. The number of amides is 1. The summed E-state index contributed by atoms with van der Waals surface area (Å²) in [6.45, 7) is 2.53. The maximum atomic E-state index is 11.8. The molecule has 2 saturated heterocycles. The third-order valence-corrected chi connectivity index (χ3v) is 6.90.